The standard InChI is InChI=1S/C13H15ClF3N/c14-10-9(15)6-8(11(16)12(10)17)13(7-18)4-2-1-3-5-13/h6H,1-5,7,18H2. The molecule has 0 heterocycles. The summed E-state index contributed by atoms with van der Waals surface area (Å²) in [5, 5.41) is -0.792. The highest BCUT2D eigenvalue weighted by Crippen LogP contribution is 2.41. The van der Waals surface area contributed by atoms with Crippen LogP contribution in [-0.2, 0) is 5.41 Å². The van der Waals surface area contributed by atoms with Gasteiger partial charge in [-0.05, 0) is 18.9 Å². The van der Waals surface area contributed by atoms with E-state index in [4.69, 9.17) is 17.3 Å². The van der Waals surface area contributed by atoms with E-state index in [1.807, 2.05) is 0 Å². The van der Waals surface area contributed by atoms with Gasteiger partial charge in [-0.25, -0.2) is 13.2 Å². The number of rotatable bonds is 2. The third kappa shape index (κ3) is 2.12. The van der Waals surface area contributed by atoms with Gasteiger partial charge in [0.05, 0.1) is 0 Å². The fourth-order valence-corrected chi connectivity index (χ4v) is 2.91. The monoisotopic (exact) mass is 277 g/mol. The maximum absolute atomic E-state index is 14.0. The topological polar surface area (TPSA) is 26.0 Å². The first-order chi connectivity index (χ1) is 8.52. The van der Waals surface area contributed by atoms with Gasteiger partial charge in [-0.2, -0.15) is 0 Å². The Hall–Kier alpha value is -0.740. The molecule has 5 heteroatoms. The minimum absolute atomic E-state index is 0.0316. The smallest absolute Gasteiger partial charge is 0.180 e. The highest BCUT2D eigenvalue weighted by atomic mass is 35.5. The summed E-state index contributed by atoms with van der Waals surface area (Å²) in [7, 11) is 0. The van der Waals surface area contributed by atoms with Gasteiger partial charge < -0.3 is 5.73 Å². The average molecular weight is 278 g/mol. The van der Waals surface area contributed by atoms with Crippen LogP contribution >= 0.6 is 11.6 Å². The molecule has 1 saturated carbocycles. The minimum atomic E-state index is -1.31. The predicted molar refractivity (Wildman–Crippen MR) is 65.1 cm³/mol. The molecule has 0 aliphatic heterocycles. The molecular formula is C13H15ClF3N. The lowest BCUT2D eigenvalue weighted by Crippen LogP contribution is -2.38. The zero-order valence-electron chi connectivity index (χ0n) is 9.91. The zero-order valence-corrected chi connectivity index (χ0v) is 10.7. The first-order valence-electron chi connectivity index (χ1n) is 6.05. The van der Waals surface area contributed by atoms with Crippen LogP contribution in [0.25, 0.3) is 0 Å². The molecule has 1 aromatic carbocycles. The van der Waals surface area contributed by atoms with Crippen LogP contribution in [0.2, 0.25) is 5.02 Å². The van der Waals surface area contributed by atoms with Gasteiger partial charge in [0.25, 0.3) is 0 Å². The molecule has 2 rings (SSSR count). The van der Waals surface area contributed by atoms with Gasteiger partial charge in [0, 0.05) is 17.5 Å². The molecule has 1 aliphatic carbocycles. The Morgan fingerprint density at radius 2 is 1.72 bits per heavy atom. The van der Waals surface area contributed by atoms with Crippen LogP contribution < -0.4 is 5.73 Å². The molecule has 0 unspecified atom stereocenters. The van der Waals surface area contributed by atoms with Gasteiger partial charge in [0.1, 0.15) is 10.8 Å². The van der Waals surface area contributed by atoms with Crippen molar-refractivity contribution in [3.05, 3.63) is 34.1 Å². The molecule has 1 nitrogen and oxygen atoms in total. The van der Waals surface area contributed by atoms with Crippen LogP contribution in [-0.4, -0.2) is 6.54 Å². The van der Waals surface area contributed by atoms with Crippen molar-refractivity contribution in [3.63, 3.8) is 0 Å². The van der Waals surface area contributed by atoms with Crippen LogP contribution in [0.4, 0.5) is 13.2 Å². The molecule has 0 aromatic heterocycles. The number of benzene rings is 1. The quantitative estimate of drug-likeness (QED) is 0.643. The highest BCUT2D eigenvalue weighted by molar-refractivity contribution is 6.30. The Balaban J connectivity index is 2.55. The first kappa shape index (κ1) is 13.7. The number of hydrogen-bond donors (Lipinski definition) is 1. The molecule has 1 fully saturated rings. The normalized spacial score (nSPS) is 18.9. The van der Waals surface area contributed by atoms with Gasteiger partial charge >= 0.3 is 0 Å². The summed E-state index contributed by atoms with van der Waals surface area (Å²) >= 11 is 5.36. The number of nitrogens with two attached hydrogens (primary N) is 1. The van der Waals surface area contributed by atoms with E-state index in [9.17, 15) is 13.2 Å². The fourth-order valence-electron chi connectivity index (χ4n) is 2.77. The molecule has 0 bridgehead atoms. The molecule has 100 valence electrons. The second kappa shape index (κ2) is 5.10. The molecule has 0 atom stereocenters. The Kier molecular flexibility index (Phi) is 3.87. The highest BCUT2D eigenvalue weighted by Gasteiger charge is 2.37. The van der Waals surface area contributed by atoms with Crippen LogP contribution in [0.1, 0.15) is 37.7 Å². The van der Waals surface area contributed by atoms with Gasteiger partial charge in [0.15, 0.2) is 11.6 Å². The van der Waals surface area contributed by atoms with Gasteiger partial charge in [-0.15, -0.1) is 0 Å². The number of hydrogen-bond acceptors (Lipinski definition) is 1. The second-order valence-corrected chi connectivity index (χ2v) is 5.27. The lowest BCUT2D eigenvalue weighted by Gasteiger charge is -2.37. The molecule has 0 spiro atoms. The molecule has 2 N–H and O–H groups in total. The summed E-state index contributed by atoms with van der Waals surface area (Å²) < 4.78 is 41.0. The van der Waals surface area contributed by atoms with Crippen LogP contribution in [0.3, 0.4) is 0 Å². The third-order valence-corrected chi connectivity index (χ3v) is 4.22. The maximum atomic E-state index is 14.0. The van der Waals surface area contributed by atoms with Crippen molar-refractivity contribution in [2.45, 2.75) is 37.5 Å². The van der Waals surface area contributed by atoms with Crippen molar-refractivity contribution in [1.29, 1.82) is 0 Å². The fraction of sp³-hybridized carbons (Fsp3) is 0.538. The largest absolute Gasteiger partial charge is 0.330 e. The molecule has 0 saturated heterocycles. The van der Waals surface area contributed by atoms with E-state index in [0.717, 1.165) is 25.3 Å². The summed E-state index contributed by atoms with van der Waals surface area (Å²) in [5.74, 6) is -3.30. The summed E-state index contributed by atoms with van der Waals surface area (Å²) in [6.45, 7) is 0.185. The van der Waals surface area contributed by atoms with Crippen LogP contribution in [0.15, 0.2) is 6.07 Å². The average Bonchev–Trinajstić information content (AvgIpc) is 2.41. The van der Waals surface area contributed by atoms with Crippen molar-refractivity contribution in [1.82, 2.24) is 0 Å². The summed E-state index contributed by atoms with van der Waals surface area (Å²) in [4.78, 5) is 0. The van der Waals surface area contributed by atoms with Crippen molar-refractivity contribution in [2.75, 3.05) is 6.54 Å². The van der Waals surface area contributed by atoms with E-state index in [1.54, 1.807) is 0 Å². The van der Waals surface area contributed by atoms with E-state index in [-0.39, 0.29) is 12.1 Å². The lowest BCUT2D eigenvalue weighted by atomic mass is 9.69. The first-order valence-corrected chi connectivity index (χ1v) is 6.43. The minimum Gasteiger partial charge on any atom is -0.330 e. The summed E-state index contributed by atoms with van der Waals surface area (Å²) in [5.41, 5.74) is 5.11. The van der Waals surface area contributed by atoms with Crippen molar-refractivity contribution in [3.8, 4) is 0 Å². The second-order valence-electron chi connectivity index (χ2n) is 4.89. The lowest BCUT2D eigenvalue weighted by molar-refractivity contribution is 0.286. The summed E-state index contributed by atoms with van der Waals surface area (Å²) in [6, 6.07) is 0.999. The molecule has 1 aromatic rings. The van der Waals surface area contributed by atoms with Gasteiger partial charge in [-0.3, -0.25) is 0 Å². The van der Waals surface area contributed by atoms with Crippen LogP contribution in [0, 0.1) is 17.5 Å². The molecule has 0 radical (unpaired) electrons. The Bertz CT molecular complexity index is 456. The van der Waals surface area contributed by atoms with Gasteiger partial charge in [-0.1, -0.05) is 30.9 Å². The predicted octanol–water partition coefficient (Wildman–Crippen LogP) is 3.92. The molecule has 0 amide bonds. The molecular weight excluding hydrogens is 263 g/mol. The van der Waals surface area contributed by atoms with Gasteiger partial charge in [0.2, 0.25) is 0 Å². The Morgan fingerprint density at radius 3 is 2.28 bits per heavy atom. The van der Waals surface area contributed by atoms with Crippen molar-refractivity contribution in [2.24, 2.45) is 5.73 Å². The van der Waals surface area contributed by atoms with E-state index in [2.05, 4.69) is 0 Å². The molecule has 1 aliphatic rings. The third-order valence-electron chi connectivity index (χ3n) is 3.88. The Morgan fingerprint density at radius 1 is 1.11 bits per heavy atom. The maximum Gasteiger partial charge on any atom is 0.180 e. The number of halogens is 4. The van der Waals surface area contributed by atoms with Crippen LogP contribution in [0.5, 0.6) is 0 Å². The van der Waals surface area contributed by atoms with E-state index in [1.165, 1.54) is 0 Å². The van der Waals surface area contributed by atoms with E-state index in [0.29, 0.717) is 12.8 Å². The van der Waals surface area contributed by atoms with E-state index < -0.39 is 27.9 Å². The van der Waals surface area contributed by atoms with Crippen molar-refractivity contribution < 1.29 is 13.2 Å². The summed E-state index contributed by atoms with van der Waals surface area (Å²) in [6.07, 6.45) is 4.13. The Labute approximate surface area is 109 Å². The van der Waals surface area contributed by atoms with E-state index >= 15 is 0 Å². The molecule has 18 heavy (non-hydrogen) atoms. The zero-order chi connectivity index (χ0) is 13.3. The SMILES string of the molecule is NCC1(c2cc(F)c(Cl)c(F)c2F)CCCCC1. The van der Waals surface area contributed by atoms with Crippen molar-refractivity contribution >= 4 is 11.6 Å².